The molecule has 0 aliphatic carbocycles. The molecular formula is C27H35F3N2O2. The minimum absolute atomic E-state index is 0.206. The first kappa shape index (κ1) is 24.9. The maximum Gasteiger partial charge on any atom is 0.391 e. The zero-order valence-corrected chi connectivity index (χ0v) is 20.3. The minimum Gasteiger partial charge on any atom is -0.497 e. The standard InChI is InChI=1S/C27H35F3N2O2/c1-19-24-17-31(2)18-25(20-5-7-22(33-3)8-6-20)23(24)9-10-26(19)34-16-4-13-32-14-11-21(12-15-32)27(28,29)30/h5-10,21,25H,4,11-18H2,1-3H3. The van der Waals surface area contributed by atoms with E-state index >= 15 is 0 Å². The summed E-state index contributed by atoms with van der Waals surface area (Å²) in [6, 6.07) is 12.6. The van der Waals surface area contributed by atoms with Crippen LogP contribution in [0.15, 0.2) is 36.4 Å². The molecule has 1 fully saturated rings. The average molecular weight is 477 g/mol. The summed E-state index contributed by atoms with van der Waals surface area (Å²) in [5.41, 5.74) is 5.12. The minimum atomic E-state index is -4.06. The van der Waals surface area contributed by atoms with Crippen molar-refractivity contribution in [2.24, 2.45) is 5.92 Å². The summed E-state index contributed by atoms with van der Waals surface area (Å²) in [6.45, 7) is 6.35. The highest BCUT2D eigenvalue weighted by molar-refractivity contribution is 5.50. The Balaban J connectivity index is 1.35. The van der Waals surface area contributed by atoms with E-state index in [4.69, 9.17) is 9.47 Å². The molecular weight excluding hydrogens is 441 g/mol. The normalized spacial score (nSPS) is 20.2. The van der Waals surface area contributed by atoms with Crippen molar-refractivity contribution in [2.75, 3.05) is 46.9 Å². The van der Waals surface area contributed by atoms with Crippen molar-refractivity contribution in [1.82, 2.24) is 9.80 Å². The molecule has 0 bridgehead atoms. The number of fused-ring (bicyclic) bond motifs is 1. The maximum atomic E-state index is 12.8. The lowest BCUT2D eigenvalue weighted by atomic mass is 9.83. The van der Waals surface area contributed by atoms with Crippen LogP contribution in [0.4, 0.5) is 13.2 Å². The average Bonchev–Trinajstić information content (AvgIpc) is 2.83. The zero-order valence-electron chi connectivity index (χ0n) is 20.3. The van der Waals surface area contributed by atoms with Crippen LogP contribution in [0.25, 0.3) is 0 Å². The summed E-state index contributed by atoms with van der Waals surface area (Å²) in [6.07, 6.45) is -2.84. The molecule has 4 nitrogen and oxygen atoms in total. The number of likely N-dealkylation sites (N-methyl/N-ethyl adjacent to an activating group) is 1. The van der Waals surface area contributed by atoms with Crippen LogP contribution in [-0.2, 0) is 6.54 Å². The molecule has 0 saturated carbocycles. The number of nitrogens with zero attached hydrogens (tertiary/aromatic N) is 2. The highest BCUT2D eigenvalue weighted by atomic mass is 19.4. The molecule has 2 aromatic rings. The quantitative estimate of drug-likeness (QED) is 0.484. The van der Waals surface area contributed by atoms with Crippen molar-refractivity contribution in [3.63, 3.8) is 0 Å². The SMILES string of the molecule is COc1ccc(C2CN(C)Cc3c2ccc(OCCCN2CCC(C(F)(F)F)CC2)c3C)cc1. The lowest BCUT2D eigenvalue weighted by molar-refractivity contribution is -0.185. The first-order valence-corrected chi connectivity index (χ1v) is 12.1. The number of piperidine rings is 1. The Hall–Kier alpha value is -2.25. The third-order valence-corrected chi connectivity index (χ3v) is 7.33. The van der Waals surface area contributed by atoms with Crippen LogP contribution in [0.5, 0.6) is 11.5 Å². The largest absolute Gasteiger partial charge is 0.497 e. The Bertz CT molecular complexity index is 954. The molecule has 4 rings (SSSR count). The first-order valence-electron chi connectivity index (χ1n) is 12.1. The van der Waals surface area contributed by atoms with Gasteiger partial charge < -0.3 is 19.3 Å². The maximum absolute atomic E-state index is 12.8. The second-order valence-corrected chi connectivity index (χ2v) is 9.64. The number of hydrogen-bond acceptors (Lipinski definition) is 4. The summed E-state index contributed by atoms with van der Waals surface area (Å²) in [5.74, 6) is 0.918. The lowest BCUT2D eigenvalue weighted by Gasteiger charge is -2.34. The van der Waals surface area contributed by atoms with Crippen LogP contribution in [0.2, 0.25) is 0 Å². The predicted molar refractivity (Wildman–Crippen MR) is 128 cm³/mol. The second kappa shape index (κ2) is 10.6. The predicted octanol–water partition coefficient (Wildman–Crippen LogP) is 5.62. The van der Waals surface area contributed by atoms with Gasteiger partial charge in [-0.3, -0.25) is 0 Å². The van der Waals surface area contributed by atoms with Crippen LogP contribution in [-0.4, -0.2) is 62.9 Å². The Morgan fingerprint density at radius 1 is 1.03 bits per heavy atom. The van der Waals surface area contributed by atoms with Gasteiger partial charge in [0.2, 0.25) is 0 Å². The van der Waals surface area contributed by atoms with E-state index in [2.05, 4.69) is 48.0 Å². The van der Waals surface area contributed by atoms with Gasteiger partial charge in [-0.15, -0.1) is 0 Å². The van der Waals surface area contributed by atoms with E-state index < -0.39 is 12.1 Å². The number of alkyl halides is 3. The summed E-state index contributed by atoms with van der Waals surface area (Å²) >= 11 is 0. The van der Waals surface area contributed by atoms with Gasteiger partial charge in [-0.2, -0.15) is 13.2 Å². The highest BCUT2D eigenvalue weighted by Gasteiger charge is 2.40. The molecule has 2 aliphatic heterocycles. The molecule has 2 heterocycles. The zero-order chi connectivity index (χ0) is 24.3. The van der Waals surface area contributed by atoms with E-state index in [9.17, 15) is 13.2 Å². The summed E-state index contributed by atoms with van der Waals surface area (Å²) in [7, 11) is 3.83. The van der Waals surface area contributed by atoms with Crippen molar-refractivity contribution in [3.8, 4) is 11.5 Å². The molecule has 2 aliphatic rings. The Morgan fingerprint density at radius 3 is 2.38 bits per heavy atom. The van der Waals surface area contributed by atoms with Gasteiger partial charge in [0.05, 0.1) is 19.6 Å². The number of rotatable bonds is 7. The lowest BCUT2D eigenvalue weighted by Crippen LogP contribution is -2.39. The van der Waals surface area contributed by atoms with Gasteiger partial charge in [0.25, 0.3) is 0 Å². The molecule has 7 heteroatoms. The topological polar surface area (TPSA) is 24.9 Å². The molecule has 1 unspecified atom stereocenters. The Morgan fingerprint density at radius 2 is 1.74 bits per heavy atom. The smallest absolute Gasteiger partial charge is 0.391 e. The summed E-state index contributed by atoms with van der Waals surface area (Å²) in [5, 5.41) is 0. The number of hydrogen-bond donors (Lipinski definition) is 0. The van der Waals surface area contributed by atoms with E-state index in [1.54, 1.807) is 7.11 Å². The van der Waals surface area contributed by atoms with Gasteiger partial charge in [-0.25, -0.2) is 0 Å². The van der Waals surface area contributed by atoms with Gasteiger partial charge in [-0.05, 0) is 86.8 Å². The number of likely N-dealkylation sites (tertiary alicyclic amines) is 1. The number of halogens is 3. The molecule has 0 spiro atoms. The fraction of sp³-hybridized carbons (Fsp3) is 0.556. The van der Waals surface area contributed by atoms with E-state index in [1.165, 1.54) is 22.3 Å². The van der Waals surface area contributed by atoms with Gasteiger partial charge in [0, 0.05) is 25.6 Å². The molecule has 0 aromatic heterocycles. The third-order valence-electron chi connectivity index (χ3n) is 7.33. The van der Waals surface area contributed by atoms with E-state index in [-0.39, 0.29) is 12.8 Å². The van der Waals surface area contributed by atoms with Crippen LogP contribution in [0, 0.1) is 12.8 Å². The summed E-state index contributed by atoms with van der Waals surface area (Å²) in [4.78, 5) is 4.47. The molecule has 1 saturated heterocycles. The molecule has 2 aromatic carbocycles. The van der Waals surface area contributed by atoms with Crippen molar-refractivity contribution in [1.29, 1.82) is 0 Å². The number of ether oxygens (including phenoxy) is 2. The van der Waals surface area contributed by atoms with Gasteiger partial charge in [0.1, 0.15) is 11.5 Å². The van der Waals surface area contributed by atoms with E-state index in [1.807, 2.05) is 12.1 Å². The van der Waals surface area contributed by atoms with Crippen molar-refractivity contribution in [3.05, 3.63) is 58.7 Å². The molecule has 186 valence electrons. The van der Waals surface area contributed by atoms with Crippen molar-refractivity contribution in [2.45, 2.75) is 44.8 Å². The van der Waals surface area contributed by atoms with Crippen molar-refractivity contribution < 1.29 is 22.6 Å². The monoisotopic (exact) mass is 476 g/mol. The second-order valence-electron chi connectivity index (χ2n) is 9.64. The molecule has 0 amide bonds. The highest BCUT2D eigenvalue weighted by Crippen LogP contribution is 2.38. The molecule has 1 atom stereocenters. The van der Waals surface area contributed by atoms with Gasteiger partial charge in [0.15, 0.2) is 0 Å². The van der Waals surface area contributed by atoms with Crippen LogP contribution >= 0.6 is 0 Å². The van der Waals surface area contributed by atoms with E-state index in [0.717, 1.165) is 37.6 Å². The molecule has 34 heavy (non-hydrogen) atoms. The van der Waals surface area contributed by atoms with Crippen LogP contribution < -0.4 is 9.47 Å². The Labute approximate surface area is 200 Å². The van der Waals surface area contributed by atoms with Gasteiger partial charge in [-0.1, -0.05) is 18.2 Å². The number of methoxy groups -OCH3 is 1. The van der Waals surface area contributed by atoms with Crippen LogP contribution in [0.1, 0.15) is 47.4 Å². The van der Waals surface area contributed by atoms with Crippen molar-refractivity contribution >= 4 is 0 Å². The first-order chi connectivity index (χ1) is 16.3. The number of benzene rings is 2. The van der Waals surface area contributed by atoms with Gasteiger partial charge >= 0.3 is 6.18 Å². The Kier molecular flexibility index (Phi) is 7.73. The molecule has 0 N–H and O–H groups in total. The summed E-state index contributed by atoms with van der Waals surface area (Å²) < 4.78 is 50.0. The molecule has 0 radical (unpaired) electrons. The third kappa shape index (κ3) is 5.69. The van der Waals surface area contributed by atoms with Crippen LogP contribution in [0.3, 0.4) is 0 Å². The fourth-order valence-electron chi connectivity index (χ4n) is 5.27. The fourth-order valence-corrected chi connectivity index (χ4v) is 5.27. The van der Waals surface area contributed by atoms with E-state index in [0.29, 0.717) is 25.6 Å².